The first-order valence-electron chi connectivity index (χ1n) is 5.20. The summed E-state index contributed by atoms with van der Waals surface area (Å²) in [6, 6.07) is 7.39. The monoisotopic (exact) mass is 310 g/mol. The van der Waals surface area contributed by atoms with Crippen molar-refractivity contribution >= 4 is 21.9 Å². The second-order valence-corrected chi connectivity index (χ2v) is 4.62. The largest absolute Gasteiger partial charge is 0.486 e. The van der Waals surface area contributed by atoms with Gasteiger partial charge in [0.05, 0.1) is 0 Å². The molecule has 0 amide bonds. The maximum absolute atomic E-state index is 10.8. The van der Waals surface area contributed by atoms with Crippen molar-refractivity contribution in [3.05, 3.63) is 46.5 Å². The van der Waals surface area contributed by atoms with E-state index in [1.54, 1.807) is 11.6 Å². The molecule has 0 radical (unpaired) electrons. The Kier molecular flexibility index (Phi) is 3.66. The molecule has 0 fully saturated rings. The lowest BCUT2D eigenvalue weighted by atomic mass is 10.3. The number of nitrogens with zero attached hydrogens (tertiary/aromatic N) is 2. The smallest absolute Gasteiger partial charge is 0.356 e. The number of hydrogen-bond acceptors (Lipinski definition) is 3. The summed E-state index contributed by atoms with van der Waals surface area (Å²) >= 11 is 3.34. The van der Waals surface area contributed by atoms with Crippen LogP contribution in [0.3, 0.4) is 0 Å². The molecule has 2 aromatic rings. The predicted octanol–water partition coefficient (Wildman–Crippen LogP) is 2.46. The van der Waals surface area contributed by atoms with Gasteiger partial charge >= 0.3 is 5.97 Å². The van der Waals surface area contributed by atoms with Gasteiger partial charge in [0.25, 0.3) is 0 Å². The van der Waals surface area contributed by atoms with Crippen LogP contribution in [0.25, 0.3) is 0 Å². The zero-order chi connectivity index (χ0) is 13.1. The van der Waals surface area contributed by atoms with Crippen molar-refractivity contribution in [2.75, 3.05) is 0 Å². The lowest BCUT2D eigenvalue weighted by Gasteiger charge is -2.05. The Balaban J connectivity index is 2.06. The van der Waals surface area contributed by atoms with Crippen LogP contribution >= 0.6 is 15.9 Å². The first-order valence-corrected chi connectivity index (χ1v) is 5.99. The fraction of sp³-hybridized carbons (Fsp3) is 0.167. The van der Waals surface area contributed by atoms with Crippen LogP contribution in [0.4, 0.5) is 0 Å². The minimum absolute atomic E-state index is 0.0203. The topological polar surface area (TPSA) is 64.4 Å². The van der Waals surface area contributed by atoms with E-state index in [0.29, 0.717) is 11.6 Å². The number of imidazole rings is 1. The molecule has 0 atom stereocenters. The third kappa shape index (κ3) is 2.89. The molecule has 0 saturated carbocycles. The van der Waals surface area contributed by atoms with E-state index in [4.69, 9.17) is 9.84 Å². The molecule has 0 aliphatic carbocycles. The highest BCUT2D eigenvalue weighted by molar-refractivity contribution is 9.10. The van der Waals surface area contributed by atoms with Crippen molar-refractivity contribution < 1.29 is 14.6 Å². The summed E-state index contributed by atoms with van der Waals surface area (Å²) in [5.41, 5.74) is 0.0203. The van der Waals surface area contributed by atoms with Crippen LogP contribution in [-0.2, 0) is 13.7 Å². The molecule has 1 N–H and O–H groups in total. The Labute approximate surface area is 112 Å². The molecule has 1 heterocycles. The molecule has 0 aliphatic rings. The minimum atomic E-state index is -1.04. The Morgan fingerprint density at radius 1 is 1.44 bits per heavy atom. The van der Waals surface area contributed by atoms with Crippen molar-refractivity contribution in [2.24, 2.45) is 7.05 Å². The van der Waals surface area contributed by atoms with Crippen LogP contribution in [0.5, 0.6) is 5.75 Å². The molecule has 0 aliphatic heterocycles. The number of carboxylic acids is 1. The number of aromatic nitrogens is 2. The lowest BCUT2D eigenvalue weighted by Crippen LogP contribution is -2.03. The molecule has 2 rings (SSSR count). The van der Waals surface area contributed by atoms with E-state index in [0.717, 1.165) is 4.47 Å². The Morgan fingerprint density at radius 2 is 2.11 bits per heavy atom. The van der Waals surface area contributed by atoms with E-state index in [1.807, 2.05) is 24.3 Å². The summed E-state index contributed by atoms with van der Waals surface area (Å²) in [5.74, 6) is 0.230. The summed E-state index contributed by atoms with van der Waals surface area (Å²) in [6.45, 7) is 0.228. The third-order valence-electron chi connectivity index (χ3n) is 2.37. The number of hydrogen-bond donors (Lipinski definition) is 1. The second kappa shape index (κ2) is 5.22. The van der Waals surface area contributed by atoms with Crippen LogP contribution in [0.2, 0.25) is 0 Å². The van der Waals surface area contributed by atoms with Gasteiger partial charge in [0.15, 0.2) is 5.69 Å². The van der Waals surface area contributed by atoms with Crippen molar-refractivity contribution in [3.8, 4) is 5.75 Å². The quantitative estimate of drug-likeness (QED) is 0.942. The van der Waals surface area contributed by atoms with Gasteiger partial charge in [0, 0.05) is 17.7 Å². The van der Waals surface area contributed by atoms with E-state index in [2.05, 4.69) is 20.9 Å². The minimum Gasteiger partial charge on any atom is -0.486 e. The zero-order valence-corrected chi connectivity index (χ0v) is 11.2. The van der Waals surface area contributed by atoms with Crippen LogP contribution in [0, 0.1) is 0 Å². The summed E-state index contributed by atoms with van der Waals surface area (Å²) in [7, 11) is 1.74. The van der Waals surface area contributed by atoms with Crippen LogP contribution in [0.15, 0.2) is 34.9 Å². The molecule has 1 aromatic heterocycles. The molecule has 6 heteroatoms. The molecule has 0 saturated heterocycles. The highest BCUT2D eigenvalue weighted by Crippen LogP contribution is 2.17. The highest BCUT2D eigenvalue weighted by atomic mass is 79.9. The molecular weight excluding hydrogens is 300 g/mol. The van der Waals surface area contributed by atoms with Crippen molar-refractivity contribution in [2.45, 2.75) is 6.61 Å². The van der Waals surface area contributed by atoms with E-state index in [9.17, 15) is 4.79 Å². The van der Waals surface area contributed by atoms with Gasteiger partial charge in [-0.25, -0.2) is 9.78 Å². The van der Waals surface area contributed by atoms with Gasteiger partial charge < -0.3 is 14.4 Å². The maximum atomic E-state index is 10.8. The second-order valence-electron chi connectivity index (χ2n) is 3.70. The fourth-order valence-electron chi connectivity index (χ4n) is 1.42. The Morgan fingerprint density at radius 3 is 2.67 bits per heavy atom. The Bertz CT molecular complexity index is 563. The van der Waals surface area contributed by atoms with Gasteiger partial charge in [0.2, 0.25) is 0 Å². The number of carboxylic acid groups (broad SMARTS) is 1. The number of aryl methyl sites for hydroxylation is 1. The van der Waals surface area contributed by atoms with E-state index < -0.39 is 5.97 Å². The van der Waals surface area contributed by atoms with E-state index in [-0.39, 0.29) is 12.3 Å². The first kappa shape index (κ1) is 12.6. The maximum Gasteiger partial charge on any atom is 0.356 e. The number of carbonyl (C=O) groups is 1. The third-order valence-corrected chi connectivity index (χ3v) is 2.90. The SMILES string of the molecule is Cn1cc(C(=O)O)nc1COc1ccc(Br)cc1. The van der Waals surface area contributed by atoms with Gasteiger partial charge in [-0.3, -0.25) is 0 Å². The van der Waals surface area contributed by atoms with Gasteiger partial charge in [-0.05, 0) is 24.3 Å². The van der Waals surface area contributed by atoms with Gasteiger partial charge in [-0.2, -0.15) is 0 Å². The van der Waals surface area contributed by atoms with E-state index in [1.165, 1.54) is 6.20 Å². The zero-order valence-electron chi connectivity index (χ0n) is 9.63. The standard InChI is InChI=1S/C12H11BrN2O3/c1-15-6-10(12(16)17)14-11(15)7-18-9-4-2-8(13)3-5-9/h2-6H,7H2,1H3,(H,16,17). The number of aromatic carboxylic acids is 1. The summed E-state index contributed by atoms with van der Waals surface area (Å²) in [6.07, 6.45) is 1.46. The number of rotatable bonds is 4. The van der Waals surface area contributed by atoms with Crippen LogP contribution < -0.4 is 4.74 Å². The van der Waals surface area contributed by atoms with E-state index >= 15 is 0 Å². The lowest BCUT2D eigenvalue weighted by molar-refractivity contribution is 0.0690. The number of halogens is 1. The van der Waals surface area contributed by atoms with Crippen molar-refractivity contribution in [3.63, 3.8) is 0 Å². The average Bonchev–Trinajstić information content (AvgIpc) is 2.70. The molecule has 5 nitrogen and oxygen atoms in total. The molecule has 0 bridgehead atoms. The van der Waals surface area contributed by atoms with Gasteiger partial charge in [-0.15, -0.1) is 0 Å². The molecule has 1 aromatic carbocycles. The number of benzene rings is 1. The van der Waals surface area contributed by atoms with Gasteiger partial charge in [-0.1, -0.05) is 15.9 Å². The summed E-state index contributed by atoms with van der Waals surface area (Å²) in [5, 5.41) is 8.82. The summed E-state index contributed by atoms with van der Waals surface area (Å²) < 4.78 is 8.14. The molecule has 94 valence electrons. The van der Waals surface area contributed by atoms with Crippen LogP contribution in [0.1, 0.15) is 16.3 Å². The fourth-order valence-corrected chi connectivity index (χ4v) is 1.68. The van der Waals surface area contributed by atoms with Gasteiger partial charge in [0.1, 0.15) is 18.2 Å². The molecule has 0 spiro atoms. The van der Waals surface area contributed by atoms with Crippen molar-refractivity contribution in [1.29, 1.82) is 0 Å². The Hall–Kier alpha value is -1.82. The first-order chi connectivity index (χ1) is 8.56. The molecule has 0 unspecified atom stereocenters. The highest BCUT2D eigenvalue weighted by Gasteiger charge is 2.11. The average molecular weight is 311 g/mol. The predicted molar refractivity (Wildman–Crippen MR) is 68.6 cm³/mol. The van der Waals surface area contributed by atoms with Crippen molar-refractivity contribution in [1.82, 2.24) is 9.55 Å². The normalized spacial score (nSPS) is 10.3. The number of ether oxygens (including phenoxy) is 1. The summed E-state index contributed by atoms with van der Waals surface area (Å²) in [4.78, 5) is 14.7. The molecular formula is C12H11BrN2O3. The molecule has 18 heavy (non-hydrogen) atoms. The van der Waals surface area contributed by atoms with Crippen LogP contribution in [-0.4, -0.2) is 20.6 Å².